The highest BCUT2D eigenvalue weighted by atomic mass is 16.5. The van der Waals surface area contributed by atoms with E-state index in [4.69, 9.17) is 4.74 Å². The van der Waals surface area contributed by atoms with Crippen LogP contribution >= 0.6 is 0 Å². The second kappa shape index (κ2) is 19.0. The lowest BCUT2D eigenvalue weighted by molar-refractivity contribution is -0.151. The minimum atomic E-state index is 0.0640. The molecule has 47 heavy (non-hydrogen) atoms. The Bertz CT molecular complexity index is 950. The first-order valence-electron chi connectivity index (χ1n) is 21.5. The van der Waals surface area contributed by atoms with Gasteiger partial charge in [-0.1, -0.05) is 156 Å². The maximum Gasteiger partial charge on any atom is 0.306 e. The molecule has 0 aromatic carbocycles. The van der Waals surface area contributed by atoms with Crippen LogP contribution in [0.2, 0.25) is 0 Å². The van der Waals surface area contributed by atoms with Gasteiger partial charge in [0.2, 0.25) is 0 Å². The molecule has 0 N–H and O–H groups in total. The maximum atomic E-state index is 12.8. The van der Waals surface area contributed by atoms with Crippen molar-refractivity contribution in [1.29, 1.82) is 0 Å². The van der Waals surface area contributed by atoms with E-state index in [-0.39, 0.29) is 12.1 Å². The number of rotatable bonds is 21. The number of hydrogen-bond donors (Lipinski definition) is 0. The zero-order chi connectivity index (χ0) is 33.9. The van der Waals surface area contributed by atoms with Gasteiger partial charge >= 0.3 is 5.97 Å². The van der Waals surface area contributed by atoms with E-state index in [1.165, 1.54) is 135 Å². The smallest absolute Gasteiger partial charge is 0.306 e. The Morgan fingerprint density at radius 3 is 2.00 bits per heavy atom. The molecular weight excluding hydrogens is 572 g/mol. The van der Waals surface area contributed by atoms with Crippen molar-refractivity contribution in [2.24, 2.45) is 52.3 Å². The molecule has 0 unspecified atom stereocenters. The monoisotopic (exact) mass is 653 g/mol. The Balaban J connectivity index is 1.13. The van der Waals surface area contributed by atoms with Crippen LogP contribution in [0.4, 0.5) is 0 Å². The number of hydrogen-bond acceptors (Lipinski definition) is 2. The van der Waals surface area contributed by atoms with Gasteiger partial charge < -0.3 is 4.74 Å². The van der Waals surface area contributed by atoms with Gasteiger partial charge in [0.1, 0.15) is 6.10 Å². The standard InChI is InChI=1S/C45H80O2/c1-8-9-10-11-12-13-14-15-16-17-18-19-20-21-22-43(46)47-38-29-31-44(6)37(33-38)25-26-39-41-28-27-40(45(41,7)32-30-42(39)44)36(5)24-23-35(4)34(2)3/h25,34-36,38-42H,8-24,26-33H2,1-7H3/t35-,36-,38+,39+,40-,41+,42+,44+,45-/m1/s1. The topological polar surface area (TPSA) is 26.3 Å². The summed E-state index contributed by atoms with van der Waals surface area (Å²) in [4.78, 5) is 12.8. The van der Waals surface area contributed by atoms with Gasteiger partial charge in [-0.05, 0) is 104 Å². The highest BCUT2D eigenvalue weighted by Gasteiger charge is 2.59. The zero-order valence-electron chi connectivity index (χ0n) is 32.7. The molecule has 3 saturated carbocycles. The Morgan fingerprint density at radius 2 is 1.38 bits per heavy atom. The number of unbranched alkanes of at least 4 members (excludes halogenated alkanes) is 13. The summed E-state index contributed by atoms with van der Waals surface area (Å²) >= 11 is 0. The lowest BCUT2D eigenvalue weighted by atomic mass is 9.47. The molecule has 4 rings (SSSR count). The van der Waals surface area contributed by atoms with Crippen molar-refractivity contribution in [2.75, 3.05) is 0 Å². The number of fused-ring (bicyclic) bond motifs is 5. The molecule has 4 aliphatic carbocycles. The Hall–Kier alpha value is -0.790. The number of ether oxygens (including phenoxy) is 1. The normalized spacial score (nSPS) is 33.1. The fraction of sp³-hybridized carbons (Fsp3) is 0.933. The number of carbonyl (C=O) groups is 1. The molecule has 0 aliphatic heterocycles. The van der Waals surface area contributed by atoms with Crippen LogP contribution < -0.4 is 0 Å². The highest BCUT2D eigenvalue weighted by Crippen LogP contribution is 2.67. The molecule has 3 fully saturated rings. The average Bonchev–Trinajstić information content (AvgIpc) is 3.41. The van der Waals surface area contributed by atoms with Gasteiger partial charge in [-0.3, -0.25) is 4.79 Å². The van der Waals surface area contributed by atoms with E-state index in [1.807, 2.05) is 0 Å². The largest absolute Gasteiger partial charge is 0.462 e. The van der Waals surface area contributed by atoms with Crippen molar-refractivity contribution >= 4 is 5.97 Å². The minimum Gasteiger partial charge on any atom is -0.462 e. The lowest BCUT2D eigenvalue weighted by Gasteiger charge is -2.58. The van der Waals surface area contributed by atoms with Crippen LogP contribution in [0.15, 0.2) is 11.6 Å². The molecule has 0 heterocycles. The van der Waals surface area contributed by atoms with Gasteiger partial charge in [0, 0.05) is 12.8 Å². The van der Waals surface area contributed by atoms with Crippen molar-refractivity contribution in [1.82, 2.24) is 0 Å². The number of allylic oxidation sites excluding steroid dienone is 1. The lowest BCUT2D eigenvalue weighted by Crippen LogP contribution is -2.51. The Labute approximate surface area is 293 Å². The van der Waals surface area contributed by atoms with Crippen molar-refractivity contribution in [3.63, 3.8) is 0 Å². The highest BCUT2D eigenvalue weighted by molar-refractivity contribution is 5.69. The molecule has 2 nitrogen and oxygen atoms in total. The number of carbonyl (C=O) groups excluding carboxylic acids is 1. The van der Waals surface area contributed by atoms with Gasteiger partial charge in [0.15, 0.2) is 0 Å². The van der Waals surface area contributed by atoms with Gasteiger partial charge in [0.25, 0.3) is 0 Å². The molecule has 4 aliphatic rings. The van der Waals surface area contributed by atoms with Crippen molar-refractivity contribution in [3.8, 4) is 0 Å². The predicted molar refractivity (Wildman–Crippen MR) is 202 cm³/mol. The third-order valence-electron chi connectivity index (χ3n) is 15.1. The van der Waals surface area contributed by atoms with E-state index in [2.05, 4.69) is 54.5 Å². The zero-order valence-corrected chi connectivity index (χ0v) is 32.7. The predicted octanol–water partition coefficient (Wildman–Crippen LogP) is 14.1. The van der Waals surface area contributed by atoms with Gasteiger partial charge in [0.05, 0.1) is 0 Å². The van der Waals surface area contributed by atoms with Crippen LogP contribution in [0, 0.1) is 52.3 Å². The first-order valence-corrected chi connectivity index (χ1v) is 21.5. The van der Waals surface area contributed by atoms with Crippen LogP contribution in [0.5, 0.6) is 0 Å². The fourth-order valence-electron chi connectivity index (χ4n) is 11.5. The molecule has 9 atom stereocenters. The summed E-state index contributed by atoms with van der Waals surface area (Å²) in [6.45, 7) is 17.5. The van der Waals surface area contributed by atoms with Gasteiger partial charge in [-0.15, -0.1) is 0 Å². The number of esters is 1. The fourth-order valence-corrected chi connectivity index (χ4v) is 11.5. The van der Waals surface area contributed by atoms with E-state index in [0.717, 1.165) is 60.7 Å². The van der Waals surface area contributed by atoms with E-state index < -0.39 is 0 Å². The van der Waals surface area contributed by atoms with Crippen LogP contribution in [-0.4, -0.2) is 12.1 Å². The van der Waals surface area contributed by atoms with E-state index >= 15 is 0 Å². The molecular formula is C45H80O2. The average molecular weight is 653 g/mol. The Morgan fingerprint density at radius 1 is 0.766 bits per heavy atom. The van der Waals surface area contributed by atoms with Crippen molar-refractivity contribution < 1.29 is 9.53 Å². The van der Waals surface area contributed by atoms with Gasteiger partial charge in [-0.2, -0.15) is 0 Å². The molecule has 272 valence electrons. The Kier molecular flexibility index (Phi) is 15.8. The first-order chi connectivity index (χ1) is 22.6. The SMILES string of the molecule is CCCCCCCCCCCCCCCCC(=O)O[C@H]1CC[C@@]2(C)C(=CC[C@H]3[C@@H]4CC[C@H]([C@H](C)CC[C@@H](C)C(C)C)[C@@]4(C)CC[C@@H]32)C1. The summed E-state index contributed by atoms with van der Waals surface area (Å²) in [5.41, 5.74) is 2.52. The molecule has 0 aromatic rings. The van der Waals surface area contributed by atoms with E-state index in [0.29, 0.717) is 17.3 Å². The summed E-state index contributed by atoms with van der Waals surface area (Å²) < 4.78 is 6.14. The van der Waals surface area contributed by atoms with Crippen molar-refractivity contribution in [2.45, 2.75) is 215 Å². The summed E-state index contributed by atoms with van der Waals surface area (Å²) in [5.74, 6) is 6.11. The summed E-state index contributed by atoms with van der Waals surface area (Å²) in [5, 5.41) is 0. The summed E-state index contributed by atoms with van der Waals surface area (Å²) in [6, 6.07) is 0. The second-order valence-corrected chi connectivity index (χ2v) is 18.5. The molecule has 0 radical (unpaired) electrons. The molecule has 2 heteroatoms. The summed E-state index contributed by atoms with van der Waals surface area (Å²) in [7, 11) is 0. The third kappa shape index (κ3) is 10.4. The molecule has 0 saturated heterocycles. The first kappa shape index (κ1) is 39.0. The van der Waals surface area contributed by atoms with Crippen molar-refractivity contribution in [3.05, 3.63) is 11.6 Å². The maximum absolute atomic E-state index is 12.8. The van der Waals surface area contributed by atoms with E-state index in [9.17, 15) is 4.79 Å². The molecule has 0 bridgehead atoms. The van der Waals surface area contributed by atoms with Crippen LogP contribution in [0.25, 0.3) is 0 Å². The second-order valence-electron chi connectivity index (χ2n) is 18.5. The van der Waals surface area contributed by atoms with Crippen LogP contribution in [0.3, 0.4) is 0 Å². The van der Waals surface area contributed by atoms with Crippen LogP contribution in [-0.2, 0) is 9.53 Å². The quantitative estimate of drug-likeness (QED) is 0.0700. The molecule has 0 amide bonds. The molecule has 0 spiro atoms. The van der Waals surface area contributed by atoms with Crippen LogP contribution in [0.1, 0.15) is 209 Å². The minimum absolute atomic E-state index is 0.0640. The van der Waals surface area contributed by atoms with E-state index in [1.54, 1.807) is 5.57 Å². The summed E-state index contributed by atoms with van der Waals surface area (Å²) in [6.07, 6.45) is 35.4. The third-order valence-corrected chi connectivity index (χ3v) is 15.1. The van der Waals surface area contributed by atoms with Gasteiger partial charge in [-0.25, -0.2) is 0 Å². The molecule has 0 aromatic heterocycles.